The Labute approximate surface area is 198 Å². The lowest BCUT2D eigenvalue weighted by Crippen LogP contribution is -2.39. The van der Waals surface area contributed by atoms with Crippen LogP contribution in [0.3, 0.4) is 0 Å². The number of pyridine rings is 1. The van der Waals surface area contributed by atoms with E-state index in [9.17, 15) is 17.6 Å². The molecule has 0 spiro atoms. The van der Waals surface area contributed by atoms with Crippen LogP contribution in [0.1, 0.15) is 35.4 Å². The minimum atomic E-state index is -4.42. The van der Waals surface area contributed by atoms with E-state index in [1.165, 1.54) is 23.2 Å². The van der Waals surface area contributed by atoms with Gasteiger partial charge in [-0.2, -0.15) is 8.42 Å². The molecule has 1 saturated heterocycles. The first-order valence-electron chi connectivity index (χ1n) is 11.0. The van der Waals surface area contributed by atoms with Crippen molar-refractivity contribution in [3.05, 3.63) is 83.3 Å². The average Bonchev–Trinajstić information content (AvgIpc) is 2.82. The Morgan fingerprint density at radius 3 is 2.32 bits per heavy atom. The Hall–Kier alpha value is -3.46. The molecule has 1 N–H and O–H groups in total. The van der Waals surface area contributed by atoms with E-state index in [4.69, 9.17) is 4.18 Å². The molecule has 178 valence electrons. The first kappa shape index (κ1) is 23.7. The Balaban J connectivity index is 1.42. The van der Waals surface area contributed by atoms with Crippen LogP contribution in [0.5, 0.6) is 0 Å². The largest absolute Gasteiger partial charge is 0.425 e. The van der Waals surface area contributed by atoms with Crippen LogP contribution in [0, 0.1) is 19.7 Å². The van der Waals surface area contributed by atoms with Crippen LogP contribution in [0.25, 0.3) is 0 Å². The van der Waals surface area contributed by atoms with Crippen molar-refractivity contribution >= 4 is 27.6 Å². The molecule has 1 amide bonds. The molecule has 0 bridgehead atoms. The van der Waals surface area contributed by atoms with E-state index >= 15 is 0 Å². The minimum Gasteiger partial charge on any atom is -0.355 e. The number of carbonyl (C=O) groups is 1. The summed E-state index contributed by atoms with van der Waals surface area (Å²) in [4.78, 5) is 18.0. The fourth-order valence-electron chi connectivity index (χ4n) is 4.01. The number of anilines is 2. The molecule has 34 heavy (non-hydrogen) atoms. The summed E-state index contributed by atoms with van der Waals surface area (Å²) in [6, 6.07) is 15.6. The molecular weight excluding hydrogens is 457 g/mol. The lowest BCUT2D eigenvalue weighted by atomic mass is 9.90. The van der Waals surface area contributed by atoms with E-state index in [1.807, 2.05) is 31.2 Å². The quantitative estimate of drug-likeness (QED) is 0.497. The van der Waals surface area contributed by atoms with Crippen molar-refractivity contribution < 1.29 is 21.8 Å². The highest BCUT2D eigenvalue weighted by atomic mass is 32.2. The molecule has 0 atom stereocenters. The van der Waals surface area contributed by atoms with E-state index in [-0.39, 0.29) is 16.8 Å². The van der Waals surface area contributed by atoms with Gasteiger partial charge in [0.1, 0.15) is 5.82 Å². The summed E-state index contributed by atoms with van der Waals surface area (Å²) < 4.78 is 43.9. The molecule has 4 rings (SSSR count). The Kier molecular flexibility index (Phi) is 6.83. The number of hydrogen-bond acceptors (Lipinski definition) is 6. The second kappa shape index (κ2) is 9.80. The van der Waals surface area contributed by atoms with Crippen molar-refractivity contribution in [2.75, 3.05) is 18.4 Å². The molecule has 1 aromatic heterocycles. The molecule has 0 unspecified atom stereocenters. The molecule has 3 aromatic rings. The lowest BCUT2D eigenvalue weighted by molar-refractivity contribution is 0.140. The van der Waals surface area contributed by atoms with E-state index < -0.39 is 16.2 Å². The number of halogens is 1. The van der Waals surface area contributed by atoms with Gasteiger partial charge >= 0.3 is 16.2 Å². The maximum absolute atomic E-state index is 13.2. The number of carbonyl (C=O) groups excluding carboxylic acids is 1. The third kappa shape index (κ3) is 5.36. The molecule has 0 aliphatic carbocycles. The summed E-state index contributed by atoms with van der Waals surface area (Å²) in [6.07, 6.45) is 1.70. The predicted octanol–water partition coefficient (Wildman–Crippen LogP) is 5.29. The zero-order valence-electron chi connectivity index (χ0n) is 19.0. The molecule has 0 saturated carbocycles. The van der Waals surface area contributed by atoms with Gasteiger partial charge in [-0.15, -0.1) is 0 Å². The molecule has 9 heteroatoms. The van der Waals surface area contributed by atoms with Gasteiger partial charge in [0.15, 0.2) is 5.03 Å². The van der Waals surface area contributed by atoms with E-state index in [0.29, 0.717) is 37.2 Å². The number of benzene rings is 2. The third-order valence-corrected chi connectivity index (χ3v) is 7.25. The van der Waals surface area contributed by atoms with Crippen molar-refractivity contribution in [2.45, 2.75) is 37.6 Å². The molecule has 1 aliphatic heterocycles. The fourth-order valence-corrected chi connectivity index (χ4v) is 5.06. The van der Waals surface area contributed by atoms with E-state index in [2.05, 4.69) is 10.3 Å². The number of nitrogens with zero attached hydrogens (tertiary/aromatic N) is 2. The summed E-state index contributed by atoms with van der Waals surface area (Å²) in [5.74, 6) is -0.119. The monoisotopic (exact) mass is 483 g/mol. The van der Waals surface area contributed by atoms with Gasteiger partial charge in [-0.1, -0.05) is 29.8 Å². The molecular formula is C25H26FN3O4S. The number of amides is 1. The number of aryl methyl sites for hydroxylation is 1. The zero-order chi connectivity index (χ0) is 24.3. The van der Waals surface area contributed by atoms with Gasteiger partial charge in [0.05, 0.1) is 0 Å². The number of piperidine rings is 1. The smallest absolute Gasteiger partial charge is 0.355 e. The summed E-state index contributed by atoms with van der Waals surface area (Å²) >= 11 is 0. The van der Waals surface area contributed by atoms with Crippen LogP contribution in [0.15, 0.2) is 65.8 Å². The van der Waals surface area contributed by atoms with Crippen molar-refractivity contribution in [3.63, 3.8) is 0 Å². The van der Waals surface area contributed by atoms with E-state index in [1.54, 1.807) is 25.1 Å². The molecule has 1 fully saturated rings. The van der Waals surface area contributed by atoms with Crippen LogP contribution >= 0.6 is 0 Å². The van der Waals surface area contributed by atoms with Gasteiger partial charge in [-0.05, 0) is 68.5 Å². The second-order valence-electron chi connectivity index (χ2n) is 8.40. The number of aromatic nitrogens is 1. The summed E-state index contributed by atoms with van der Waals surface area (Å²) in [5, 5.41) is 2.87. The van der Waals surface area contributed by atoms with Crippen molar-refractivity contribution in [3.8, 4) is 0 Å². The highest BCUT2D eigenvalue weighted by Gasteiger charge is 2.31. The van der Waals surface area contributed by atoms with Gasteiger partial charge in [-0.3, -0.25) is 0 Å². The molecule has 0 radical (unpaired) electrons. The van der Waals surface area contributed by atoms with Gasteiger partial charge in [-0.25, -0.2) is 14.2 Å². The number of hydrogen-bond donors (Lipinski definition) is 1. The topological polar surface area (TPSA) is 88.6 Å². The Morgan fingerprint density at radius 2 is 1.68 bits per heavy atom. The predicted molar refractivity (Wildman–Crippen MR) is 127 cm³/mol. The van der Waals surface area contributed by atoms with Crippen LogP contribution in [0.2, 0.25) is 0 Å². The first-order valence-corrected chi connectivity index (χ1v) is 12.4. The minimum absolute atomic E-state index is 0.176. The fraction of sp³-hybridized carbons (Fsp3) is 0.280. The van der Waals surface area contributed by atoms with Crippen LogP contribution in [-0.4, -0.2) is 37.5 Å². The molecule has 2 aromatic carbocycles. The maximum atomic E-state index is 13.2. The normalized spacial score (nSPS) is 14.6. The standard InChI is InChI=1S/C25H26FN3O4S/c1-17-3-9-22(10-4-17)28-23-11-14-27-24(18(23)2)34(31,32)33-25(30)29-15-12-20(13-16-29)19-5-7-21(26)8-6-19/h3-11,14,20H,12-13,15-16H2,1-2H3,(H,27,28). The number of rotatable bonds is 5. The Bertz CT molecular complexity index is 1270. The summed E-state index contributed by atoms with van der Waals surface area (Å²) in [6.45, 7) is 4.28. The Morgan fingerprint density at radius 1 is 1.03 bits per heavy atom. The molecule has 2 heterocycles. The maximum Gasteiger partial charge on any atom is 0.425 e. The van der Waals surface area contributed by atoms with Crippen molar-refractivity contribution in [1.82, 2.24) is 9.88 Å². The highest BCUT2D eigenvalue weighted by Crippen LogP contribution is 2.30. The van der Waals surface area contributed by atoms with Gasteiger partial charge < -0.3 is 14.4 Å². The zero-order valence-corrected chi connectivity index (χ0v) is 19.8. The van der Waals surface area contributed by atoms with Crippen LogP contribution < -0.4 is 5.32 Å². The summed E-state index contributed by atoms with van der Waals surface area (Å²) in [7, 11) is -4.42. The van der Waals surface area contributed by atoms with E-state index in [0.717, 1.165) is 16.8 Å². The highest BCUT2D eigenvalue weighted by molar-refractivity contribution is 7.87. The molecule has 1 aliphatic rings. The molecule has 7 nitrogen and oxygen atoms in total. The van der Waals surface area contributed by atoms with Crippen molar-refractivity contribution in [2.24, 2.45) is 0 Å². The number of nitrogens with one attached hydrogen (secondary N) is 1. The lowest BCUT2D eigenvalue weighted by Gasteiger charge is -2.31. The third-order valence-electron chi connectivity index (χ3n) is 6.00. The average molecular weight is 484 g/mol. The van der Waals surface area contributed by atoms with Crippen LogP contribution in [0.4, 0.5) is 20.6 Å². The van der Waals surface area contributed by atoms with Gasteiger partial charge in [0, 0.05) is 36.2 Å². The van der Waals surface area contributed by atoms with Gasteiger partial charge in [0.25, 0.3) is 0 Å². The SMILES string of the molecule is Cc1ccc(Nc2ccnc(S(=O)(=O)OC(=O)N3CCC(c4ccc(F)cc4)CC3)c2C)cc1. The van der Waals surface area contributed by atoms with Gasteiger partial charge in [0.2, 0.25) is 0 Å². The van der Waals surface area contributed by atoms with Crippen molar-refractivity contribution in [1.29, 1.82) is 0 Å². The number of likely N-dealkylation sites (tertiary alicyclic amines) is 1. The second-order valence-corrected chi connectivity index (χ2v) is 9.86. The van der Waals surface area contributed by atoms with Crippen LogP contribution in [-0.2, 0) is 14.3 Å². The first-order chi connectivity index (χ1) is 16.2. The summed E-state index contributed by atoms with van der Waals surface area (Å²) in [5.41, 5.74) is 3.80.